The maximum absolute atomic E-state index is 13.5. The summed E-state index contributed by atoms with van der Waals surface area (Å²) in [5, 5.41) is 1.30. The van der Waals surface area contributed by atoms with Crippen LogP contribution in [0, 0.1) is 0 Å². The quantitative estimate of drug-likeness (QED) is 0.276. The highest BCUT2D eigenvalue weighted by molar-refractivity contribution is 5.93. The summed E-state index contributed by atoms with van der Waals surface area (Å²) >= 11 is 0. The van der Waals surface area contributed by atoms with Crippen LogP contribution in [0.3, 0.4) is 0 Å². The van der Waals surface area contributed by atoms with E-state index in [0.29, 0.717) is 38.8 Å². The van der Waals surface area contributed by atoms with Gasteiger partial charge in [0.2, 0.25) is 5.91 Å². The molecule has 0 N–H and O–H groups in total. The van der Waals surface area contributed by atoms with Gasteiger partial charge >= 0.3 is 0 Å². The first-order chi connectivity index (χ1) is 19.1. The highest BCUT2D eigenvalue weighted by Gasteiger charge is 2.24. The molecule has 1 aliphatic carbocycles. The van der Waals surface area contributed by atoms with Gasteiger partial charge in [0.05, 0.1) is 13.2 Å². The van der Waals surface area contributed by atoms with E-state index in [0.717, 1.165) is 16.8 Å². The van der Waals surface area contributed by atoms with E-state index in [2.05, 4.69) is 96.4 Å². The van der Waals surface area contributed by atoms with Crippen LogP contribution in [0.1, 0.15) is 43.6 Å². The van der Waals surface area contributed by atoms with E-state index in [1.165, 1.54) is 59.9 Å². The lowest BCUT2D eigenvalue weighted by atomic mass is 9.83. The van der Waals surface area contributed by atoms with Crippen LogP contribution in [0.4, 0.5) is 5.69 Å². The largest absolute Gasteiger partial charge is 0.378 e. The molecule has 6 rings (SSSR count). The van der Waals surface area contributed by atoms with Crippen LogP contribution < -0.4 is 4.90 Å². The van der Waals surface area contributed by atoms with E-state index in [1.807, 2.05) is 4.90 Å². The van der Waals surface area contributed by atoms with Gasteiger partial charge < -0.3 is 19.1 Å². The highest BCUT2D eigenvalue weighted by atomic mass is 16.5. The second-order valence-electron chi connectivity index (χ2n) is 11.2. The van der Waals surface area contributed by atoms with Crippen molar-refractivity contribution in [2.75, 3.05) is 45.3 Å². The standard InChI is InChI=1S/C34H39N3O2/c1-35(2)33-22-27(16-17-29(33)26-12-7-4-8-13-26)32-23-30-28(25-10-5-3-6-11-25)14-9-15-31(30)37(32)24-34(38)36-18-20-39-21-19-36/h4,7-9,12-17,22-23,25H,3,5-6,10-11,18-21,24H2,1-2H3. The number of carbonyl (C=O) groups excluding carboxylic acids is 1. The number of hydrogen-bond acceptors (Lipinski definition) is 3. The summed E-state index contributed by atoms with van der Waals surface area (Å²) in [6, 6.07) is 26.4. The number of rotatable bonds is 6. The van der Waals surface area contributed by atoms with Crippen molar-refractivity contribution in [2.24, 2.45) is 0 Å². The fourth-order valence-corrected chi connectivity index (χ4v) is 6.46. The molecule has 1 aromatic heterocycles. The number of nitrogens with zero attached hydrogens (tertiary/aromatic N) is 3. The van der Waals surface area contributed by atoms with Crippen molar-refractivity contribution in [1.82, 2.24) is 9.47 Å². The number of ether oxygens (including phenoxy) is 1. The minimum atomic E-state index is 0.161. The Kier molecular flexibility index (Phi) is 7.43. The molecule has 1 aliphatic heterocycles. The monoisotopic (exact) mass is 521 g/mol. The molecule has 0 radical (unpaired) electrons. The van der Waals surface area contributed by atoms with E-state index < -0.39 is 0 Å². The SMILES string of the molecule is CN(C)c1cc(-c2cc3c(C4CCCCC4)cccc3n2CC(=O)N2CCOCC2)ccc1-c1ccccc1. The first-order valence-corrected chi connectivity index (χ1v) is 14.4. The number of aromatic nitrogens is 1. The lowest BCUT2D eigenvalue weighted by Gasteiger charge is -2.27. The molecule has 2 heterocycles. The first kappa shape index (κ1) is 25.7. The van der Waals surface area contributed by atoms with Gasteiger partial charge in [-0.05, 0) is 48.1 Å². The summed E-state index contributed by atoms with van der Waals surface area (Å²) in [6.07, 6.45) is 6.45. The summed E-state index contributed by atoms with van der Waals surface area (Å²) in [4.78, 5) is 17.7. The Balaban J connectivity index is 1.48. The molecule has 4 aromatic rings. The van der Waals surface area contributed by atoms with Crippen LogP contribution in [0.25, 0.3) is 33.3 Å². The smallest absolute Gasteiger partial charge is 0.242 e. The van der Waals surface area contributed by atoms with Crippen molar-refractivity contribution in [3.8, 4) is 22.4 Å². The number of fused-ring (bicyclic) bond motifs is 1. The number of carbonyl (C=O) groups is 1. The Morgan fingerprint density at radius 2 is 1.64 bits per heavy atom. The normalized spacial score (nSPS) is 16.5. The Labute approximate surface area is 232 Å². The first-order valence-electron chi connectivity index (χ1n) is 14.4. The molecule has 0 unspecified atom stereocenters. The summed E-state index contributed by atoms with van der Waals surface area (Å²) in [6.45, 7) is 2.90. The highest BCUT2D eigenvalue weighted by Crippen LogP contribution is 2.40. The van der Waals surface area contributed by atoms with Gasteiger partial charge in [0.1, 0.15) is 6.54 Å². The van der Waals surface area contributed by atoms with Gasteiger partial charge in [0, 0.05) is 60.6 Å². The summed E-state index contributed by atoms with van der Waals surface area (Å²) in [5.74, 6) is 0.757. The third-order valence-electron chi connectivity index (χ3n) is 8.54. The molecular weight excluding hydrogens is 482 g/mol. The molecule has 3 aromatic carbocycles. The predicted molar refractivity (Wildman–Crippen MR) is 160 cm³/mol. The maximum Gasteiger partial charge on any atom is 0.242 e. The van der Waals surface area contributed by atoms with Gasteiger partial charge in [-0.15, -0.1) is 0 Å². The molecule has 5 heteroatoms. The lowest BCUT2D eigenvalue weighted by molar-refractivity contribution is -0.135. The van der Waals surface area contributed by atoms with E-state index in [-0.39, 0.29) is 5.91 Å². The topological polar surface area (TPSA) is 37.7 Å². The van der Waals surface area contributed by atoms with Crippen molar-refractivity contribution in [3.05, 3.63) is 78.4 Å². The zero-order chi connectivity index (χ0) is 26.8. The number of hydrogen-bond donors (Lipinski definition) is 0. The number of benzene rings is 3. The number of anilines is 1. The molecule has 2 fully saturated rings. The fourth-order valence-electron chi connectivity index (χ4n) is 6.46. The van der Waals surface area contributed by atoms with Crippen molar-refractivity contribution in [1.29, 1.82) is 0 Å². The maximum atomic E-state index is 13.5. The molecule has 0 bridgehead atoms. The average molecular weight is 522 g/mol. The van der Waals surface area contributed by atoms with E-state index in [4.69, 9.17) is 4.74 Å². The van der Waals surface area contributed by atoms with E-state index in [1.54, 1.807) is 0 Å². The molecule has 5 nitrogen and oxygen atoms in total. The van der Waals surface area contributed by atoms with Crippen molar-refractivity contribution < 1.29 is 9.53 Å². The Hall–Kier alpha value is -3.57. The van der Waals surface area contributed by atoms with E-state index in [9.17, 15) is 4.79 Å². The molecule has 0 atom stereocenters. The van der Waals surface area contributed by atoms with Gasteiger partial charge in [0.15, 0.2) is 0 Å². The van der Waals surface area contributed by atoms with Crippen molar-refractivity contribution in [2.45, 2.75) is 44.6 Å². The van der Waals surface area contributed by atoms with Crippen molar-refractivity contribution in [3.63, 3.8) is 0 Å². The van der Waals surface area contributed by atoms with Crippen LogP contribution in [0.2, 0.25) is 0 Å². The predicted octanol–water partition coefficient (Wildman–Crippen LogP) is 6.95. The summed E-state index contributed by atoms with van der Waals surface area (Å²) in [7, 11) is 4.20. The molecule has 202 valence electrons. The summed E-state index contributed by atoms with van der Waals surface area (Å²) in [5.41, 5.74) is 8.43. The Morgan fingerprint density at radius 1 is 0.872 bits per heavy atom. The van der Waals surface area contributed by atoms with E-state index >= 15 is 0 Å². The molecule has 1 saturated heterocycles. The van der Waals surface area contributed by atoms with Crippen LogP contribution >= 0.6 is 0 Å². The molecule has 0 spiro atoms. The van der Waals surface area contributed by atoms with Crippen LogP contribution in [-0.4, -0.2) is 55.8 Å². The zero-order valence-corrected chi connectivity index (χ0v) is 23.2. The minimum Gasteiger partial charge on any atom is -0.378 e. The summed E-state index contributed by atoms with van der Waals surface area (Å²) < 4.78 is 7.77. The lowest BCUT2D eigenvalue weighted by Crippen LogP contribution is -2.42. The fraction of sp³-hybridized carbons (Fsp3) is 0.382. The zero-order valence-electron chi connectivity index (χ0n) is 23.2. The molecular formula is C34H39N3O2. The third kappa shape index (κ3) is 5.20. The Morgan fingerprint density at radius 3 is 2.38 bits per heavy atom. The molecule has 1 saturated carbocycles. The van der Waals surface area contributed by atoms with Gasteiger partial charge in [-0.3, -0.25) is 4.79 Å². The van der Waals surface area contributed by atoms with Crippen LogP contribution in [-0.2, 0) is 16.1 Å². The van der Waals surface area contributed by atoms with Crippen molar-refractivity contribution >= 4 is 22.5 Å². The number of amides is 1. The number of morpholine rings is 1. The molecule has 1 amide bonds. The second-order valence-corrected chi connectivity index (χ2v) is 11.2. The average Bonchev–Trinajstić information content (AvgIpc) is 3.36. The van der Waals surface area contributed by atoms with Crippen LogP contribution in [0.5, 0.6) is 0 Å². The second kappa shape index (κ2) is 11.3. The van der Waals surface area contributed by atoms with Gasteiger partial charge in [-0.2, -0.15) is 0 Å². The van der Waals surface area contributed by atoms with Crippen LogP contribution in [0.15, 0.2) is 72.8 Å². The van der Waals surface area contributed by atoms with Gasteiger partial charge in [-0.1, -0.05) is 73.9 Å². The Bertz CT molecular complexity index is 1440. The third-order valence-corrected chi connectivity index (χ3v) is 8.54. The molecule has 39 heavy (non-hydrogen) atoms. The van der Waals surface area contributed by atoms with Gasteiger partial charge in [-0.25, -0.2) is 0 Å². The van der Waals surface area contributed by atoms with Gasteiger partial charge in [0.25, 0.3) is 0 Å². The minimum absolute atomic E-state index is 0.161. The molecule has 2 aliphatic rings.